The lowest BCUT2D eigenvalue weighted by atomic mass is 10.0. The van der Waals surface area contributed by atoms with E-state index >= 15 is 0 Å². The predicted octanol–water partition coefficient (Wildman–Crippen LogP) is 3.96. The van der Waals surface area contributed by atoms with Crippen molar-refractivity contribution in [3.63, 3.8) is 0 Å². The van der Waals surface area contributed by atoms with Crippen molar-refractivity contribution in [2.24, 2.45) is 0 Å². The highest BCUT2D eigenvalue weighted by Gasteiger charge is 2.35. The van der Waals surface area contributed by atoms with Crippen molar-refractivity contribution in [2.45, 2.75) is 32.5 Å². The van der Waals surface area contributed by atoms with Crippen molar-refractivity contribution in [3.8, 4) is 0 Å². The molecule has 124 valence electrons. The van der Waals surface area contributed by atoms with E-state index in [0.29, 0.717) is 5.56 Å². The fourth-order valence-electron chi connectivity index (χ4n) is 2.94. The number of para-hydroxylation sites is 1. The van der Waals surface area contributed by atoms with Gasteiger partial charge >= 0.3 is 0 Å². The maximum atomic E-state index is 13.0. The molecule has 2 aromatic rings. The van der Waals surface area contributed by atoms with Gasteiger partial charge < -0.3 is 10.2 Å². The van der Waals surface area contributed by atoms with Crippen LogP contribution in [0.25, 0.3) is 0 Å². The summed E-state index contributed by atoms with van der Waals surface area (Å²) in [5.41, 5.74) is 2.29. The summed E-state index contributed by atoms with van der Waals surface area (Å²) in [4.78, 5) is 25.2. The molecule has 6 nitrogen and oxygen atoms in total. The number of nitrogens with one attached hydrogen (secondary N) is 1. The molecule has 0 saturated carbocycles. The lowest BCUT2D eigenvalue weighted by molar-refractivity contribution is -0.384. The van der Waals surface area contributed by atoms with E-state index in [1.807, 2.05) is 43.0 Å². The molecule has 2 atom stereocenters. The quantitative estimate of drug-likeness (QED) is 0.682. The smallest absolute Gasteiger partial charge is 0.269 e. The number of fused-ring (bicyclic) bond motifs is 1. The van der Waals surface area contributed by atoms with Crippen LogP contribution in [-0.2, 0) is 0 Å². The Morgan fingerprint density at radius 1 is 1.21 bits per heavy atom. The first-order chi connectivity index (χ1) is 11.5. The highest BCUT2D eigenvalue weighted by atomic mass is 16.6. The van der Waals surface area contributed by atoms with Crippen LogP contribution in [0.2, 0.25) is 0 Å². The van der Waals surface area contributed by atoms with Crippen molar-refractivity contribution < 1.29 is 9.72 Å². The Morgan fingerprint density at radius 2 is 1.88 bits per heavy atom. The number of nitro benzene ring substituents is 1. The Kier molecular flexibility index (Phi) is 4.20. The molecule has 3 rings (SSSR count). The average molecular weight is 325 g/mol. The van der Waals surface area contributed by atoms with E-state index in [4.69, 9.17) is 0 Å². The van der Waals surface area contributed by atoms with Gasteiger partial charge in [-0.2, -0.15) is 0 Å². The number of nitro groups is 1. The molecule has 1 aliphatic heterocycles. The van der Waals surface area contributed by atoms with Crippen molar-refractivity contribution in [1.29, 1.82) is 0 Å². The Hall–Kier alpha value is -2.89. The number of non-ortho nitro benzene ring substituents is 1. The summed E-state index contributed by atoms with van der Waals surface area (Å²) in [6.07, 6.45) is 0.474. The van der Waals surface area contributed by atoms with Crippen LogP contribution in [-0.4, -0.2) is 21.8 Å². The first kappa shape index (κ1) is 16.0. The lowest BCUT2D eigenvalue weighted by Gasteiger charge is -2.41. The number of amides is 1. The zero-order chi connectivity index (χ0) is 17.3. The van der Waals surface area contributed by atoms with Gasteiger partial charge in [0.05, 0.1) is 10.5 Å². The first-order valence-electron chi connectivity index (χ1n) is 7.95. The van der Waals surface area contributed by atoms with E-state index in [-0.39, 0.29) is 23.8 Å². The number of carbonyl (C=O) groups is 1. The van der Waals surface area contributed by atoms with Gasteiger partial charge in [0.25, 0.3) is 11.6 Å². The van der Waals surface area contributed by atoms with Gasteiger partial charge in [-0.15, -0.1) is 0 Å². The summed E-state index contributed by atoms with van der Waals surface area (Å²) >= 11 is 0. The number of hydrogen-bond acceptors (Lipinski definition) is 4. The highest BCUT2D eigenvalue weighted by Crippen LogP contribution is 2.35. The molecule has 0 aliphatic carbocycles. The molecule has 0 saturated heterocycles. The van der Waals surface area contributed by atoms with Crippen molar-refractivity contribution >= 4 is 17.3 Å². The van der Waals surface area contributed by atoms with Gasteiger partial charge in [-0.1, -0.05) is 19.1 Å². The number of benzene rings is 2. The molecule has 1 aliphatic rings. The Balaban J connectivity index is 2.03. The van der Waals surface area contributed by atoms with Crippen LogP contribution in [0.1, 0.15) is 42.4 Å². The minimum Gasteiger partial charge on any atom is -0.361 e. The molecule has 0 radical (unpaired) electrons. The van der Waals surface area contributed by atoms with E-state index in [1.165, 1.54) is 12.1 Å². The number of anilines is 1. The largest absolute Gasteiger partial charge is 0.361 e. The molecule has 0 spiro atoms. The van der Waals surface area contributed by atoms with Gasteiger partial charge in [-0.3, -0.25) is 14.9 Å². The number of rotatable bonds is 4. The van der Waals surface area contributed by atoms with E-state index < -0.39 is 4.92 Å². The standard InChI is InChI=1S/C18H19N3O3/c1-3-12(2)20-17(13-8-10-14(11-9-13)21(23)24)19-16-7-5-4-6-15(16)18(20)22/h4-12,17,19H,3H2,1-2H3/t12-,17-/m1/s1. The second kappa shape index (κ2) is 6.31. The monoisotopic (exact) mass is 325 g/mol. The second-order valence-corrected chi connectivity index (χ2v) is 5.91. The van der Waals surface area contributed by atoms with E-state index in [9.17, 15) is 14.9 Å². The van der Waals surface area contributed by atoms with Crippen LogP contribution in [0.5, 0.6) is 0 Å². The third-order valence-corrected chi connectivity index (χ3v) is 4.45. The van der Waals surface area contributed by atoms with Gasteiger partial charge in [0.15, 0.2) is 0 Å². The maximum absolute atomic E-state index is 13.0. The molecule has 0 aromatic heterocycles. The fourth-order valence-corrected chi connectivity index (χ4v) is 2.94. The zero-order valence-electron chi connectivity index (χ0n) is 13.6. The minimum absolute atomic E-state index is 0.0259. The van der Waals surface area contributed by atoms with Crippen molar-refractivity contribution in [3.05, 3.63) is 69.8 Å². The average Bonchev–Trinajstić information content (AvgIpc) is 2.61. The minimum atomic E-state index is -0.426. The molecule has 1 amide bonds. The predicted molar refractivity (Wildman–Crippen MR) is 91.8 cm³/mol. The summed E-state index contributed by atoms with van der Waals surface area (Å²) in [5, 5.41) is 14.2. The summed E-state index contributed by atoms with van der Waals surface area (Å²) in [6, 6.07) is 13.8. The van der Waals surface area contributed by atoms with Crippen molar-refractivity contribution in [1.82, 2.24) is 4.90 Å². The maximum Gasteiger partial charge on any atom is 0.269 e. The second-order valence-electron chi connectivity index (χ2n) is 5.91. The molecule has 1 heterocycles. The van der Waals surface area contributed by atoms with Crippen LogP contribution in [0.3, 0.4) is 0 Å². The normalized spacial score (nSPS) is 17.8. The van der Waals surface area contributed by atoms with Crippen LogP contribution in [0, 0.1) is 10.1 Å². The van der Waals surface area contributed by atoms with Crippen LogP contribution < -0.4 is 5.32 Å². The van der Waals surface area contributed by atoms with Gasteiger partial charge in [0.1, 0.15) is 6.17 Å². The number of carbonyl (C=O) groups excluding carboxylic acids is 1. The summed E-state index contributed by atoms with van der Waals surface area (Å²) < 4.78 is 0. The molecule has 0 unspecified atom stereocenters. The molecular formula is C18H19N3O3. The Bertz CT molecular complexity index is 773. The molecule has 0 fully saturated rings. The molecule has 2 aromatic carbocycles. The van der Waals surface area contributed by atoms with Gasteiger partial charge in [-0.05, 0) is 43.2 Å². The molecule has 0 bridgehead atoms. The van der Waals surface area contributed by atoms with Crippen LogP contribution in [0.4, 0.5) is 11.4 Å². The molecule has 6 heteroatoms. The molecular weight excluding hydrogens is 306 g/mol. The Labute approximate surface area is 140 Å². The fraction of sp³-hybridized carbons (Fsp3) is 0.278. The molecule has 24 heavy (non-hydrogen) atoms. The summed E-state index contributed by atoms with van der Waals surface area (Å²) in [7, 11) is 0. The van der Waals surface area contributed by atoms with E-state index in [1.54, 1.807) is 12.1 Å². The highest BCUT2D eigenvalue weighted by molar-refractivity contribution is 6.01. The number of nitrogens with zero attached hydrogens (tertiary/aromatic N) is 2. The summed E-state index contributed by atoms with van der Waals surface area (Å²) in [5.74, 6) is -0.0259. The lowest BCUT2D eigenvalue weighted by Crippen LogP contribution is -2.47. The third-order valence-electron chi connectivity index (χ3n) is 4.45. The van der Waals surface area contributed by atoms with Gasteiger partial charge in [0.2, 0.25) is 0 Å². The Morgan fingerprint density at radius 3 is 2.50 bits per heavy atom. The SMILES string of the molecule is CC[C@@H](C)N1C(=O)c2ccccc2N[C@H]1c1ccc([N+](=O)[O-])cc1. The van der Waals surface area contributed by atoms with Gasteiger partial charge in [-0.25, -0.2) is 0 Å². The van der Waals surface area contributed by atoms with Crippen LogP contribution >= 0.6 is 0 Å². The third kappa shape index (κ3) is 2.71. The topological polar surface area (TPSA) is 75.5 Å². The number of hydrogen-bond donors (Lipinski definition) is 1. The van der Waals surface area contributed by atoms with Crippen molar-refractivity contribution in [2.75, 3.05) is 5.32 Å². The summed E-state index contributed by atoms with van der Waals surface area (Å²) in [6.45, 7) is 4.04. The molecule has 1 N–H and O–H groups in total. The van der Waals surface area contributed by atoms with E-state index in [2.05, 4.69) is 5.32 Å². The first-order valence-corrected chi connectivity index (χ1v) is 7.95. The van der Waals surface area contributed by atoms with Crippen LogP contribution in [0.15, 0.2) is 48.5 Å². The van der Waals surface area contributed by atoms with Gasteiger partial charge in [0, 0.05) is 23.9 Å². The van der Waals surface area contributed by atoms with E-state index in [0.717, 1.165) is 17.7 Å². The zero-order valence-corrected chi connectivity index (χ0v) is 13.6.